The normalized spacial score (nSPS) is 12.9. The number of ether oxygens (including phenoxy) is 2. The average molecular weight is 306 g/mol. The number of benzene rings is 1. The summed E-state index contributed by atoms with van der Waals surface area (Å²) in [5.74, 6) is -3.13. The van der Waals surface area contributed by atoms with Gasteiger partial charge in [0.1, 0.15) is 5.82 Å². The van der Waals surface area contributed by atoms with Crippen molar-refractivity contribution in [1.29, 1.82) is 0 Å². The van der Waals surface area contributed by atoms with Crippen molar-refractivity contribution in [3.63, 3.8) is 0 Å². The van der Waals surface area contributed by atoms with Crippen molar-refractivity contribution in [2.24, 2.45) is 5.73 Å². The van der Waals surface area contributed by atoms with Crippen LogP contribution in [0.3, 0.4) is 0 Å². The van der Waals surface area contributed by atoms with Crippen LogP contribution < -0.4 is 5.73 Å². The number of nitrogens with two attached hydrogens (primary N) is 1. The lowest BCUT2D eigenvalue weighted by molar-refractivity contribution is 0.0879. The van der Waals surface area contributed by atoms with Crippen LogP contribution in [-0.4, -0.2) is 52.0 Å². The number of hydrogen-bond acceptors (Lipinski definition) is 4. The van der Waals surface area contributed by atoms with Gasteiger partial charge in [0.25, 0.3) is 0 Å². The maximum atomic E-state index is 13.9. The Morgan fingerprint density at radius 3 is 2.00 bits per heavy atom. The molecule has 1 rings (SSSR count). The molecule has 0 aliphatic heterocycles. The van der Waals surface area contributed by atoms with Gasteiger partial charge >= 0.3 is 0 Å². The van der Waals surface area contributed by atoms with Crippen LogP contribution in [0.5, 0.6) is 0 Å². The van der Waals surface area contributed by atoms with Gasteiger partial charge in [0.05, 0.1) is 19.3 Å². The van der Waals surface area contributed by atoms with Crippen molar-refractivity contribution in [1.82, 2.24) is 4.90 Å². The molecule has 0 heterocycles. The number of hydrogen-bond donors (Lipinski definition) is 1. The maximum Gasteiger partial charge on any atom is 0.161 e. The molecule has 1 aromatic rings. The summed E-state index contributed by atoms with van der Waals surface area (Å²) in [6, 6.07) is 0.817. The summed E-state index contributed by atoms with van der Waals surface area (Å²) in [6.07, 6.45) is 0. The van der Waals surface area contributed by atoms with Crippen molar-refractivity contribution in [3.8, 4) is 0 Å². The van der Waals surface area contributed by atoms with E-state index >= 15 is 0 Å². The Hall–Kier alpha value is -1.15. The van der Waals surface area contributed by atoms with Gasteiger partial charge in [-0.15, -0.1) is 0 Å². The van der Waals surface area contributed by atoms with Crippen LogP contribution in [-0.2, 0) is 9.47 Å². The lowest BCUT2D eigenvalue weighted by atomic mass is 10.0. The highest BCUT2D eigenvalue weighted by Crippen LogP contribution is 2.24. The Kier molecular flexibility index (Phi) is 7.66. The molecule has 0 radical (unpaired) electrons. The van der Waals surface area contributed by atoms with E-state index in [1.165, 1.54) is 0 Å². The van der Waals surface area contributed by atoms with Crippen molar-refractivity contribution < 1.29 is 22.6 Å². The van der Waals surface area contributed by atoms with Gasteiger partial charge in [0.2, 0.25) is 0 Å². The Bertz CT molecular complexity index is 438. The van der Waals surface area contributed by atoms with Crippen molar-refractivity contribution in [2.45, 2.75) is 6.04 Å². The first-order valence-electron chi connectivity index (χ1n) is 6.61. The Labute approximate surface area is 122 Å². The summed E-state index contributed by atoms with van der Waals surface area (Å²) in [7, 11) is 3.09. The molecule has 1 unspecified atom stereocenters. The molecular weight excluding hydrogens is 285 g/mol. The smallest absolute Gasteiger partial charge is 0.161 e. The fourth-order valence-corrected chi connectivity index (χ4v) is 2.11. The van der Waals surface area contributed by atoms with Crippen LogP contribution in [0.15, 0.2) is 12.1 Å². The van der Waals surface area contributed by atoms with Gasteiger partial charge in [-0.1, -0.05) is 0 Å². The summed E-state index contributed by atoms with van der Waals surface area (Å²) < 4.78 is 50.3. The topological polar surface area (TPSA) is 47.7 Å². The molecular formula is C14H21F3N2O2. The molecule has 0 saturated heterocycles. The third-order valence-corrected chi connectivity index (χ3v) is 3.23. The predicted molar refractivity (Wildman–Crippen MR) is 73.4 cm³/mol. The molecule has 1 atom stereocenters. The highest BCUT2D eigenvalue weighted by Gasteiger charge is 2.23. The van der Waals surface area contributed by atoms with Crippen LogP contribution in [0, 0.1) is 17.5 Å². The lowest BCUT2D eigenvalue weighted by Crippen LogP contribution is -2.38. The van der Waals surface area contributed by atoms with Crippen LogP contribution in [0.4, 0.5) is 13.2 Å². The molecule has 0 aliphatic carbocycles. The molecule has 0 bridgehead atoms. The van der Waals surface area contributed by atoms with Crippen LogP contribution >= 0.6 is 0 Å². The van der Waals surface area contributed by atoms with Gasteiger partial charge in [-0.05, 0) is 6.07 Å². The molecule has 0 saturated carbocycles. The van der Waals surface area contributed by atoms with E-state index in [0.29, 0.717) is 32.4 Å². The largest absolute Gasteiger partial charge is 0.383 e. The van der Waals surface area contributed by atoms with E-state index in [-0.39, 0.29) is 12.1 Å². The molecule has 1 aromatic carbocycles. The molecule has 0 aromatic heterocycles. The van der Waals surface area contributed by atoms with Crippen molar-refractivity contribution in [2.75, 3.05) is 47.1 Å². The quantitative estimate of drug-likeness (QED) is 0.706. The predicted octanol–water partition coefficient (Wildman–Crippen LogP) is 1.70. The number of halogens is 3. The van der Waals surface area contributed by atoms with E-state index in [1.54, 1.807) is 14.2 Å². The molecule has 2 N–H and O–H groups in total. The van der Waals surface area contributed by atoms with Crippen molar-refractivity contribution >= 4 is 0 Å². The van der Waals surface area contributed by atoms with Gasteiger partial charge in [-0.25, -0.2) is 13.2 Å². The summed E-state index contributed by atoms with van der Waals surface area (Å²) in [6.45, 7) is 1.83. The first-order valence-corrected chi connectivity index (χ1v) is 6.61. The number of nitrogens with zero attached hydrogens (tertiary/aromatic N) is 1. The summed E-state index contributed by atoms with van der Waals surface area (Å²) in [5.41, 5.74) is 5.73. The van der Waals surface area contributed by atoms with Gasteiger partial charge in [-0.3, -0.25) is 4.90 Å². The number of methoxy groups -OCH3 is 2. The molecule has 120 valence electrons. The lowest BCUT2D eigenvalue weighted by Gasteiger charge is -2.31. The van der Waals surface area contributed by atoms with Gasteiger partial charge < -0.3 is 15.2 Å². The minimum absolute atomic E-state index is 0.0311. The van der Waals surface area contributed by atoms with Gasteiger partial charge in [0.15, 0.2) is 11.6 Å². The Morgan fingerprint density at radius 2 is 1.52 bits per heavy atom. The molecule has 0 spiro atoms. The Balaban J connectivity index is 3.03. The van der Waals surface area contributed by atoms with Gasteiger partial charge in [0, 0.05) is 45.5 Å². The standard InChI is InChI=1S/C14H21F3N2O2/c1-20-5-3-19(4-6-21-2)14(9-18)10-7-12(16)13(17)8-11(10)15/h7-8,14H,3-6,9,18H2,1-2H3. The molecule has 0 amide bonds. The number of rotatable bonds is 9. The first kappa shape index (κ1) is 17.9. The zero-order valence-electron chi connectivity index (χ0n) is 12.2. The first-order chi connectivity index (χ1) is 10.0. The third-order valence-electron chi connectivity index (χ3n) is 3.23. The van der Waals surface area contributed by atoms with E-state index < -0.39 is 23.5 Å². The van der Waals surface area contributed by atoms with Crippen molar-refractivity contribution in [3.05, 3.63) is 35.1 Å². The zero-order valence-corrected chi connectivity index (χ0v) is 12.2. The second-order valence-electron chi connectivity index (χ2n) is 4.56. The molecule has 7 heteroatoms. The summed E-state index contributed by atoms with van der Waals surface area (Å²) in [5, 5.41) is 0. The van der Waals surface area contributed by atoms with Gasteiger partial charge in [-0.2, -0.15) is 0 Å². The van der Waals surface area contributed by atoms with E-state index in [2.05, 4.69) is 0 Å². The fourth-order valence-electron chi connectivity index (χ4n) is 2.11. The second-order valence-corrected chi connectivity index (χ2v) is 4.56. The Morgan fingerprint density at radius 1 is 1.00 bits per heavy atom. The summed E-state index contributed by atoms with van der Waals surface area (Å²) >= 11 is 0. The van der Waals surface area contributed by atoms with E-state index in [1.807, 2.05) is 4.90 Å². The average Bonchev–Trinajstić information content (AvgIpc) is 2.46. The minimum atomic E-state index is -1.22. The third kappa shape index (κ3) is 4.96. The molecule has 4 nitrogen and oxygen atoms in total. The van der Waals surface area contributed by atoms with E-state index in [0.717, 1.165) is 6.07 Å². The van der Waals surface area contributed by atoms with E-state index in [4.69, 9.17) is 15.2 Å². The fraction of sp³-hybridized carbons (Fsp3) is 0.571. The van der Waals surface area contributed by atoms with E-state index in [9.17, 15) is 13.2 Å². The molecule has 21 heavy (non-hydrogen) atoms. The highest BCUT2D eigenvalue weighted by molar-refractivity contribution is 5.24. The zero-order chi connectivity index (χ0) is 15.8. The monoisotopic (exact) mass is 306 g/mol. The molecule has 0 aliphatic rings. The van der Waals surface area contributed by atoms with Crippen LogP contribution in [0.25, 0.3) is 0 Å². The van der Waals surface area contributed by atoms with Crippen LogP contribution in [0.1, 0.15) is 11.6 Å². The SMILES string of the molecule is COCCN(CCOC)C(CN)c1cc(F)c(F)cc1F. The minimum Gasteiger partial charge on any atom is -0.383 e. The van der Waals surface area contributed by atoms with Crippen LogP contribution in [0.2, 0.25) is 0 Å². The second kappa shape index (κ2) is 8.99. The summed E-state index contributed by atoms with van der Waals surface area (Å²) in [4.78, 5) is 1.82. The highest BCUT2D eigenvalue weighted by atomic mass is 19.2. The molecule has 0 fully saturated rings. The maximum absolute atomic E-state index is 13.9.